The molecule has 0 bridgehead atoms. The molecule has 0 radical (unpaired) electrons. The van der Waals surface area contributed by atoms with E-state index in [-0.39, 0.29) is 0 Å². The molecule has 1 atom stereocenters. The van der Waals surface area contributed by atoms with Gasteiger partial charge in [0.1, 0.15) is 0 Å². The number of likely N-dealkylation sites (tertiary alicyclic amines) is 1. The SMILES string of the molecule is Cc1cccc(CNC(C)CN2CCCC2)c1. The van der Waals surface area contributed by atoms with Crippen LogP contribution in [-0.2, 0) is 6.54 Å². The standard InChI is InChI=1S/C15H24N2/c1-13-6-5-7-15(10-13)11-16-14(2)12-17-8-3-4-9-17/h5-7,10,14,16H,3-4,8-9,11-12H2,1-2H3. The van der Waals surface area contributed by atoms with Gasteiger partial charge in [0.25, 0.3) is 0 Å². The Labute approximate surface area is 105 Å². The molecule has 0 saturated carbocycles. The Kier molecular flexibility index (Phi) is 4.57. The van der Waals surface area contributed by atoms with Gasteiger partial charge in [0.2, 0.25) is 0 Å². The monoisotopic (exact) mass is 232 g/mol. The quantitative estimate of drug-likeness (QED) is 0.839. The summed E-state index contributed by atoms with van der Waals surface area (Å²) < 4.78 is 0. The number of hydrogen-bond donors (Lipinski definition) is 1. The van der Waals surface area contributed by atoms with Crippen molar-refractivity contribution in [1.29, 1.82) is 0 Å². The van der Waals surface area contributed by atoms with Crippen molar-refractivity contribution in [2.75, 3.05) is 19.6 Å². The van der Waals surface area contributed by atoms with E-state index in [0.717, 1.165) is 6.54 Å². The van der Waals surface area contributed by atoms with E-state index in [9.17, 15) is 0 Å². The third kappa shape index (κ3) is 4.14. The maximum atomic E-state index is 3.61. The van der Waals surface area contributed by atoms with E-state index in [1.165, 1.54) is 43.6 Å². The van der Waals surface area contributed by atoms with Gasteiger partial charge in [-0.25, -0.2) is 0 Å². The molecule has 0 aliphatic carbocycles. The minimum atomic E-state index is 0.577. The summed E-state index contributed by atoms with van der Waals surface area (Å²) >= 11 is 0. The molecule has 1 heterocycles. The molecule has 0 amide bonds. The van der Waals surface area contributed by atoms with Gasteiger partial charge in [0, 0.05) is 19.1 Å². The highest BCUT2D eigenvalue weighted by molar-refractivity contribution is 5.21. The summed E-state index contributed by atoms with van der Waals surface area (Å²) in [6.07, 6.45) is 2.76. The molecule has 0 spiro atoms. The van der Waals surface area contributed by atoms with Crippen LogP contribution in [0.1, 0.15) is 30.9 Å². The fourth-order valence-corrected chi connectivity index (χ4v) is 2.53. The third-order valence-electron chi connectivity index (χ3n) is 3.47. The van der Waals surface area contributed by atoms with Gasteiger partial charge < -0.3 is 10.2 Å². The fourth-order valence-electron chi connectivity index (χ4n) is 2.53. The first kappa shape index (κ1) is 12.6. The summed E-state index contributed by atoms with van der Waals surface area (Å²) in [6.45, 7) is 9.18. The van der Waals surface area contributed by atoms with Crippen LogP contribution in [0.5, 0.6) is 0 Å². The third-order valence-corrected chi connectivity index (χ3v) is 3.47. The first-order chi connectivity index (χ1) is 8.24. The Morgan fingerprint density at radius 3 is 2.76 bits per heavy atom. The predicted molar refractivity (Wildman–Crippen MR) is 73.2 cm³/mol. The van der Waals surface area contributed by atoms with Crippen LogP contribution in [0, 0.1) is 6.92 Å². The Hall–Kier alpha value is -0.860. The normalized spacial score (nSPS) is 18.5. The number of aryl methyl sites for hydroxylation is 1. The van der Waals surface area contributed by atoms with Gasteiger partial charge in [-0.15, -0.1) is 0 Å². The van der Waals surface area contributed by atoms with Crippen molar-refractivity contribution in [3.8, 4) is 0 Å². The molecule has 2 nitrogen and oxygen atoms in total. The molecule has 17 heavy (non-hydrogen) atoms. The van der Waals surface area contributed by atoms with Gasteiger partial charge in [0.15, 0.2) is 0 Å². The molecule has 1 aromatic rings. The van der Waals surface area contributed by atoms with E-state index >= 15 is 0 Å². The van der Waals surface area contributed by atoms with Gasteiger partial charge in [-0.05, 0) is 45.3 Å². The van der Waals surface area contributed by atoms with Crippen molar-refractivity contribution in [3.63, 3.8) is 0 Å². The molecule has 2 rings (SSSR count). The maximum Gasteiger partial charge on any atom is 0.0208 e. The molecule has 2 heteroatoms. The molecule has 1 unspecified atom stereocenters. The highest BCUT2D eigenvalue weighted by Crippen LogP contribution is 2.08. The van der Waals surface area contributed by atoms with Crippen LogP contribution in [0.3, 0.4) is 0 Å². The van der Waals surface area contributed by atoms with Gasteiger partial charge in [0.05, 0.1) is 0 Å². The van der Waals surface area contributed by atoms with Gasteiger partial charge in [-0.1, -0.05) is 29.8 Å². The Morgan fingerprint density at radius 2 is 2.06 bits per heavy atom. The van der Waals surface area contributed by atoms with E-state index < -0.39 is 0 Å². The smallest absolute Gasteiger partial charge is 0.0208 e. The lowest BCUT2D eigenvalue weighted by Crippen LogP contribution is -2.37. The van der Waals surface area contributed by atoms with Crippen LogP contribution in [0.2, 0.25) is 0 Å². The van der Waals surface area contributed by atoms with E-state index in [4.69, 9.17) is 0 Å². The molecule has 1 aliphatic rings. The van der Waals surface area contributed by atoms with Crippen molar-refractivity contribution in [3.05, 3.63) is 35.4 Å². The second kappa shape index (κ2) is 6.18. The zero-order valence-corrected chi connectivity index (χ0v) is 11.1. The number of nitrogens with one attached hydrogen (secondary N) is 1. The van der Waals surface area contributed by atoms with Crippen molar-refractivity contribution < 1.29 is 0 Å². The van der Waals surface area contributed by atoms with Crippen molar-refractivity contribution in [2.45, 2.75) is 39.3 Å². The van der Waals surface area contributed by atoms with Crippen LogP contribution >= 0.6 is 0 Å². The Bertz CT molecular complexity index is 343. The van der Waals surface area contributed by atoms with Crippen LogP contribution in [0.15, 0.2) is 24.3 Å². The lowest BCUT2D eigenvalue weighted by Gasteiger charge is -2.21. The van der Waals surface area contributed by atoms with E-state index in [0.29, 0.717) is 6.04 Å². The summed E-state index contributed by atoms with van der Waals surface area (Å²) in [4.78, 5) is 2.56. The van der Waals surface area contributed by atoms with Crippen LogP contribution in [-0.4, -0.2) is 30.6 Å². The first-order valence-electron chi connectivity index (χ1n) is 6.75. The van der Waals surface area contributed by atoms with Crippen molar-refractivity contribution >= 4 is 0 Å². The molecule has 94 valence electrons. The molecule has 1 N–H and O–H groups in total. The second-order valence-corrected chi connectivity index (χ2v) is 5.28. The summed E-state index contributed by atoms with van der Waals surface area (Å²) in [5.41, 5.74) is 2.73. The molecule has 1 fully saturated rings. The van der Waals surface area contributed by atoms with Crippen molar-refractivity contribution in [1.82, 2.24) is 10.2 Å². The Morgan fingerprint density at radius 1 is 1.29 bits per heavy atom. The maximum absolute atomic E-state index is 3.61. The number of benzene rings is 1. The first-order valence-corrected chi connectivity index (χ1v) is 6.75. The van der Waals surface area contributed by atoms with E-state index in [2.05, 4.69) is 48.3 Å². The molecule has 1 saturated heterocycles. The fraction of sp³-hybridized carbons (Fsp3) is 0.600. The zero-order valence-electron chi connectivity index (χ0n) is 11.1. The lowest BCUT2D eigenvalue weighted by molar-refractivity contribution is 0.298. The largest absolute Gasteiger partial charge is 0.309 e. The molecule has 1 aliphatic heterocycles. The summed E-state index contributed by atoms with van der Waals surface area (Å²) in [7, 11) is 0. The minimum absolute atomic E-state index is 0.577. The predicted octanol–water partition coefficient (Wildman–Crippen LogP) is 2.57. The number of hydrogen-bond acceptors (Lipinski definition) is 2. The van der Waals surface area contributed by atoms with Crippen LogP contribution in [0.4, 0.5) is 0 Å². The molecular weight excluding hydrogens is 208 g/mol. The topological polar surface area (TPSA) is 15.3 Å². The van der Waals surface area contributed by atoms with Crippen LogP contribution in [0.25, 0.3) is 0 Å². The Balaban J connectivity index is 1.73. The van der Waals surface area contributed by atoms with E-state index in [1.807, 2.05) is 0 Å². The van der Waals surface area contributed by atoms with Gasteiger partial charge in [-0.2, -0.15) is 0 Å². The minimum Gasteiger partial charge on any atom is -0.309 e. The van der Waals surface area contributed by atoms with Gasteiger partial charge >= 0.3 is 0 Å². The number of nitrogens with zero attached hydrogens (tertiary/aromatic N) is 1. The summed E-state index contributed by atoms with van der Waals surface area (Å²) in [6, 6.07) is 9.32. The van der Waals surface area contributed by atoms with Crippen molar-refractivity contribution in [2.24, 2.45) is 0 Å². The average molecular weight is 232 g/mol. The number of rotatable bonds is 5. The second-order valence-electron chi connectivity index (χ2n) is 5.28. The lowest BCUT2D eigenvalue weighted by atomic mass is 10.1. The highest BCUT2D eigenvalue weighted by atomic mass is 15.2. The molecule has 0 aromatic heterocycles. The highest BCUT2D eigenvalue weighted by Gasteiger charge is 2.13. The van der Waals surface area contributed by atoms with E-state index in [1.54, 1.807) is 0 Å². The molecular formula is C15H24N2. The zero-order chi connectivity index (χ0) is 12.1. The van der Waals surface area contributed by atoms with Crippen LogP contribution < -0.4 is 5.32 Å². The summed E-state index contributed by atoms with van der Waals surface area (Å²) in [5, 5.41) is 3.61. The molecule has 1 aromatic carbocycles. The van der Waals surface area contributed by atoms with Gasteiger partial charge in [-0.3, -0.25) is 0 Å². The summed E-state index contributed by atoms with van der Waals surface area (Å²) in [5.74, 6) is 0. The average Bonchev–Trinajstić information content (AvgIpc) is 2.79.